The summed E-state index contributed by atoms with van der Waals surface area (Å²) >= 11 is 5.24. The number of thiazole rings is 1. The number of benzene rings is 2. The molecular formula is C23H15BrF3N3O4S2. The number of thioether (sulfide) groups is 1. The number of carbonyl (C=O) groups excluding carboxylic acids is 3. The first-order chi connectivity index (χ1) is 17.1. The Balaban J connectivity index is 1.37. The number of aromatic nitrogens is 1. The van der Waals surface area contributed by atoms with Gasteiger partial charge in [0, 0.05) is 27.5 Å². The minimum Gasteiger partial charge on any atom is -0.483 e. The van der Waals surface area contributed by atoms with Crippen LogP contribution in [0.2, 0.25) is 0 Å². The zero-order valence-corrected chi connectivity index (χ0v) is 21.2. The molecule has 1 aliphatic heterocycles. The van der Waals surface area contributed by atoms with Crippen LogP contribution in [-0.2, 0) is 22.2 Å². The van der Waals surface area contributed by atoms with Crippen molar-refractivity contribution in [2.24, 2.45) is 0 Å². The average Bonchev–Trinajstić information content (AvgIpc) is 3.37. The Morgan fingerprint density at radius 2 is 2.00 bits per heavy atom. The Morgan fingerprint density at radius 1 is 1.19 bits per heavy atom. The van der Waals surface area contributed by atoms with Gasteiger partial charge in [0.25, 0.3) is 17.1 Å². The van der Waals surface area contributed by atoms with Gasteiger partial charge in [-0.3, -0.25) is 25.0 Å². The fourth-order valence-corrected chi connectivity index (χ4v) is 5.05. The van der Waals surface area contributed by atoms with E-state index in [2.05, 4.69) is 31.5 Å². The van der Waals surface area contributed by atoms with E-state index >= 15 is 0 Å². The number of nitrogens with zero attached hydrogens (tertiary/aromatic N) is 1. The molecule has 2 aromatic carbocycles. The zero-order chi connectivity index (χ0) is 25.9. The largest absolute Gasteiger partial charge is 0.483 e. The van der Waals surface area contributed by atoms with Gasteiger partial charge in [-0.25, -0.2) is 4.98 Å². The standard InChI is InChI=1S/C23H15BrF3N3O4S2/c24-15-4-5-17(13(8-15)9-18-20(32)30-22(33)36-18)34-11-19(31)29-21-28-10-16(35-21)7-12-2-1-3-14(6-12)23(25,26)27/h1-6,8-10H,7,11H2,(H,28,29,31)(H,30,32,33)/b18-9-. The van der Waals surface area contributed by atoms with Crippen LogP contribution in [0.15, 0.2) is 58.0 Å². The average molecular weight is 598 g/mol. The normalized spacial score (nSPS) is 14.7. The summed E-state index contributed by atoms with van der Waals surface area (Å²) < 4.78 is 45.1. The minimum absolute atomic E-state index is 0.198. The van der Waals surface area contributed by atoms with Gasteiger partial charge in [0.1, 0.15) is 5.75 Å². The van der Waals surface area contributed by atoms with Crippen LogP contribution in [0.1, 0.15) is 21.6 Å². The molecule has 1 aliphatic rings. The van der Waals surface area contributed by atoms with Crippen molar-refractivity contribution in [1.82, 2.24) is 10.3 Å². The number of hydrogen-bond acceptors (Lipinski definition) is 7. The lowest BCUT2D eigenvalue weighted by Gasteiger charge is -2.10. The number of rotatable bonds is 7. The van der Waals surface area contributed by atoms with Crippen LogP contribution < -0.4 is 15.4 Å². The molecule has 0 spiro atoms. The second kappa shape index (κ2) is 10.8. The number of hydrogen-bond donors (Lipinski definition) is 2. The van der Waals surface area contributed by atoms with Crippen molar-refractivity contribution in [2.45, 2.75) is 12.6 Å². The van der Waals surface area contributed by atoms with Crippen molar-refractivity contribution in [2.75, 3.05) is 11.9 Å². The molecule has 1 aromatic heterocycles. The third kappa shape index (κ3) is 6.74. The van der Waals surface area contributed by atoms with Gasteiger partial charge in [-0.1, -0.05) is 34.1 Å². The molecule has 186 valence electrons. The number of ether oxygens (including phenoxy) is 1. The lowest BCUT2D eigenvalue weighted by Crippen LogP contribution is -2.20. The quantitative estimate of drug-likeness (QED) is 0.331. The molecule has 0 aliphatic carbocycles. The van der Waals surface area contributed by atoms with E-state index in [0.29, 0.717) is 26.2 Å². The molecule has 2 heterocycles. The Kier molecular flexibility index (Phi) is 7.81. The van der Waals surface area contributed by atoms with E-state index in [9.17, 15) is 27.6 Å². The Morgan fingerprint density at radius 3 is 2.72 bits per heavy atom. The predicted octanol–water partition coefficient (Wildman–Crippen LogP) is 5.86. The summed E-state index contributed by atoms with van der Waals surface area (Å²) in [6.07, 6.45) is -1.21. The van der Waals surface area contributed by atoms with Crippen LogP contribution >= 0.6 is 39.0 Å². The summed E-state index contributed by atoms with van der Waals surface area (Å²) in [5, 5.41) is 4.57. The summed E-state index contributed by atoms with van der Waals surface area (Å²) in [5.41, 5.74) is 0.237. The van der Waals surface area contributed by atoms with Crippen molar-refractivity contribution in [3.05, 3.63) is 79.6 Å². The van der Waals surface area contributed by atoms with Gasteiger partial charge < -0.3 is 4.74 Å². The van der Waals surface area contributed by atoms with Crippen molar-refractivity contribution in [3.63, 3.8) is 0 Å². The van der Waals surface area contributed by atoms with Crippen LogP contribution in [0, 0.1) is 0 Å². The number of halogens is 4. The lowest BCUT2D eigenvalue weighted by atomic mass is 10.1. The van der Waals surface area contributed by atoms with E-state index in [1.807, 2.05) is 0 Å². The highest BCUT2D eigenvalue weighted by Gasteiger charge is 2.30. The number of imide groups is 1. The molecule has 7 nitrogen and oxygen atoms in total. The number of alkyl halides is 3. The maximum Gasteiger partial charge on any atom is 0.416 e. The Bertz CT molecular complexity index is 1370. The maximum atomic E-state index is 12.9. The molecule has 1 saturated heterocycles. The monoisotopic (exact) mass is 597 g/mol. The molecule has 0 bridgehead atoms. The zero-order valence-electron chi connectivity index (χ0n) is 18.0. The fourth-order valence-electron chi connectivity index (χ4n) is 3.13. The van der Waals surface area contributed by atoms with E-state index in [1.165, 1.54) is 18.3 Å². The molecule has 2 N–H and O–H groups in total. The third-order valence-electron chi connectivity index (χ3n) is 4.69. The topological polar surface area (TPSA) is 97.4 Å². The molecule has 3 amide bonds. The van der Waals surface area contributed by atoms with Crippen molar-refractivity contribution >= 4 is 67.3 Å². The highest BCUT2D eigenvalue weighted by Crippen LogP contribution is 2.32. The highest BCUT2D eigenvalue weighted by atomic mass is 79.9. The highest BCUT2D eigenvalue weighted by molar-refractivity contribution is 9.10. The molecule has 0 unspecified atom stereocenters. The number of amides is 3. The summed E-state index contributed by atoms with van der Waals surface area (Å²) in [5.74, 6) is -0.698. The van der Waals surface area contributed by atoms with Crippen LogP contribution in [0.25, 0.3) is 6.08 Å². The summed E-state index contributed by atoms with van der Waals surface area (Å²) in [7, 11) is 0. The summed E-state index contributed by atoms with van der Waals surface area (Å²) in [6, 6.07) is 10.0. The molecule has 1 fully saturated rings. The first kappa shape index (κ1) is 25.9. The number of carbonyl (C=O) groups is 3. The molecule has 0 atom stereocenters. The summed E-state index contributed by atoms with van der Waals surface area (Å²) in [4.78, 5) is 40.6. The molecule has 3 aromatic rings. The van der Waals surface area contributed by atoms with Gasteiger partial charge in [0.2, 0.25) is 0 Å². The molecular weight excluding hydrogens is 583 g/mol. The van der Waals surface area contributed by atoms with E-state index in [1.54, 1.807) is 24.3 Å². The minimum atomic E-state index is -4.42. The molecule has 0 radical (unpaired) electrons. The van der Waals surface area contributed by atoms with E-state index in [-0.39, 0.29) is 23.1 Å². The van der Waals surface area contributed by atoms with E-state index in [0.717, 1.165) is 35.2 Å². The van der Waals surface area contributed by atoms with Crippen molar-refractivity contribution in [3.8, 4) is 5.75 Å². The Labute approximate surface area is 219 Å². The smallest absolute Gasteiger partial charge is 0.416 e. The third-order valence-corrected chi connectivity index (χ3v) is 6.91. The van der Waals surface area contributed by atoms with Crippen LogP contribution in [-0.4, -0.2) is 28.6 Å². The van der Waals surface area contributed by atoms with Crippen LogP contribution in [0.4, 0.5) is 23.1 Å². The number of nitrogens with one attached hydrogen (secondary N) is 2. The van der Waals surface area contributed by atoms with E-state index < -0.39 is 28.8 Å². The van der Waals surface area contributed by atoms with Crippen molar-refractivity contribution in [1.29, 1.82) is 0 Å². The van der Waals surface area contributed by atoms with Crippen LogP contribution in [0.5, 0.6) is 5.75 Å². The molecule has 4 rings (SSSR count). The second-order valence-corrected chi connectivity index (χ2v) is 10.4. The van der Waals surface area contributed by atoms with Gasteiger partial charge in [0.05, 0.1) is 10.5 Å². The van der Waals surface area contributed by atoms with Gasteiger partial charge in [-0.15, -0.1) is 11.3 Å². The van der Waals surface area contributed by atoms with Gasteiger partial charge in [0.15, 0.2) is 11.7 Å². The van der Waals surface area contributed by atoms with Crippen LogP contribution in [0.3, 0.4) is 0 Å². The van der Waals surface area contributed by atoms with Gasteiger partial charge in [-0.2, -0.15) is 13.2 Å². The summed E-state index contributed by atoms with van der Waals surface area (Å²) in [6.45, 7) is -0.362. The second-order valence-electron chi connectivity index (χ2n) is 7.38. The molecule has 0 saturated carbocycles. The Hall–Kier alpha value is -3.16. The van der Waals surface area contributed by atoms with Gasteiger partial charge in [-0.05, 0) is 47.7 Å². The van der Waals surface area contributed by atoms with E-state index in [4.69, 9.17) is 4.74 Å². The first-order valence-corrected chi connectivity index (χ1v) is 12.6. The maximum absolute atomic E-state index is 12.9. The van der Waals surface area contributed by atoms with Gasteiger partial charge >= 0.3 is 6.18 Å². The SMILES string of the molecule is O=C(COc1ccc(Br)cc1/C=C1\SC(=O)NC1=O)Nc1ncc(Cc2cccc(C(F)(F)F)c2)s1. The lowest BCUT2D eigenvalue weighted by molar-refractivity contribution is -0.137. The predicted molar refractivity (Wildman–Crippen MR) is 134 cm³/mol. The molecule has 36 heavy (non-hydrogen) atoms. The fraction of sp³-hybridized carbons (Fsp3) is 0.130. The first-order valence-electron chi connectivity index (χ1n) is 10.1. The number of anilines is 1. The molecule has 13 heteroatoms. The van der Waals surface area contributed by atoms with Crippen molar-refractivity contribution < 1.29 is 32.3 Å².